The van der Waals surface area contributed by atoms with Crippen molar-refractivity contribution >= 4 is 45.3 Å². The highest BCUT2D eigenvalue weighted by atomic mass is 79.9. The molecule has 2 aromatic heterocycles. The first-order valence-corrected chi connectivity index (χ1v) is 15.3. The number of halogens is 1. The van der Waals surface area contributed by atoms with E-state index in [9.17, 15) is 14.4 Å². The summed E-state index contributed by atoms with van der Waals surface area (Å²) in [4.78, 5) is 44.7. The molecular weight excluding hydrogens is 652 g/mol. The van der Waals surface area contributed by atoms with E-state index in [-0.39, 0.29) is 17.7 Å². The van der Waals surface area contributed by atoms with Crippen LogP contribution in [0.1, 0.15) is 48.5 Å². The van der Waals surface area contributed by atoms with E-state index in [0.29, 0.717) is 65.8 Å². The van der Waals surface area contributed by atoms with Gasteiger partial charge in [-0.05, 0) is 56.7 Å². The SMILES string of the molecule is CCOC(=O)C1=C(C)N=c2s/c(=C/c3ccc(-c4ccccc4C(=O)OC)o3)c(=O)n2[C@H]1c1cc(OCC)c(OC)cc1Br. The summed E-state index contributed by atoms with van der Waals surface area (Å²) in [7, 11) is 2.85. The van der Waals surface area contributed by atoms with E-state index in [1.54, 1.807) is 68.5 Å². The van der Waals surface area contributed by atoms with Crippen molar-refractivity contribution in [2.75, 3.05) is 27.4 Å². The molecule has 5 rings (SSSR count). The predicted molar refractivity (Wildman–Crippen MR) is 168 cm³/mol. The lowest BCUT2D eigenvalue weighted by molar-refractivity contribution is -0.139. The topological polar surface area (TPSA) is 119 Å². The largest absolute Gasteiger partial charge is 0.493 e. The summed E-state index contributed by atoms with van der Waals surface area (Å²) in [5.74, 6) is 0.728. The first-order valence-electron chi connectivity index (χ1n) is 13.7. The number of furan rings is 1. The van der Waals surface area contributed by atoms with Gasteiger partial charge in [0.05, 0.1) is 54.8 Å². The fourth-order valence-electron chi connectivity index (χ4n) is 4.96. The lowest BCUT2D eigenvalue weighted by atomic mass is 9.95. The summed E-state index contributed by atoms with van der Waals surface area (Å²) < 4.78 is 30.1. The number of nitrogens with zero attached hydrogens (tertiary/aromatic N) is 2. The normalized spacial score (nSPS) is 14.6. The lowest BCUT2D eigenvalue weighted by Crippen LogP contribution is -2.40. The van der Waals surface area contributed by atoms with Crippen LogP contribution in [0.2, 0.25) is 0 Å². The maximum Gasteiger partial charge on any atom is 0.338 e. The van der Waals surface area contributed by atoms with Gasteiger partial charge in [0.25, 0.3) is 5.56 Å². The number of thiazole rings is 1. The minimum absolute atomic E-state index is 0.153. The first kappa shape index (κ1) is 31.0. The zero-order chi connectivity index (χ0) is 31.5. The highest BCUT2D eigenvalue weighted by molar-refractivity contribution is 9.10. The van der Waals surface area contributed by atoms with Crippen molar-refractivity contribution in [1.29, 1.82) is 0 Å². The van der Waals surface area contributed by atoms with E-state index in [0.717, 1.165) is 0 Å². The molecule has 0 unspecified atom stereocenters. The zero-order valence-corrected chi connectivity index (χ0v) is 27.0. The summed E-state index contributed by atoms with van der Waals surface area (Å²) in [5, 5.41) is 0. The van der Waals surface area contributed by atoms with Gasteiger partial charge in [-0.15, -0.1) is 0 Å². The molecule has 0 N–H and O–H groups in total. The number of carbonyl (C=O) groups is 2. The smallest absolute Gasteiger partial charge is 0.338 e. The van der Waals surface area contributed by atoms with Gasteiger partial charge in [0.2, 0.25) is 0 Å². The van der Waals surface area contributed by atoms with Gasteiger partial charge in [0.15, 0.2) is 16.3 Å². The molecule has 0 amide bonds. The Labute approximate surface area is 265 Å². The molecule has 0 spiro atoms. The molecule has 228 valence electrons. The summed E-state index contributed by atoms with van der Waals surface area (Å²) >= 11 is 4.79. The van der Waals surface area contributed by atoms with Gasteiger partial charge in [0, 0.05) is 16.1 Å². The van der Waals surface area contributed by atoms with Crippen molar-refractivity contribution in [3.8, 4) is 22.8 Å². The van der Waals surface area contributed by atoms with E-state index in [1.807, 2.05) is 6.92 Å². The van der Waals surface area contributed by atoms with Crippen LogP contribution in [0.3, 0.4) is 0 Å². The molecule has 1 aliphatic heterocycles. The highest BCUT2D eigenvalue weighted by Gasteiger charge is 2.35. The summed E-state index contributed by atoms with van der Waals surface area (Å²) in [6.07, 6.45) is 1.61. The molecular formula is C32H29BrN2O8S. The van der Waals surface area contributed by atoms with Crippen molar-refractivity contribution in [2.45, 2.75) is 26.8 Å². The molecule has 0 bridgehead atoms. The Morgan fingerprint density at radius 2 is 1.84 bits per heavy atom. The fourth-order valence-corrected chi connectivity index (χ4v) is 6.53. The van der Waals surface area contributed by atoms with Crippen LogP contribution in [0.4, 0.5) is 0 Å². The molecule has 0 fully saturated rings. The summed E-state index contributed by atoms with van der Waals surface area (Å²) in [5.41, 5.74) is 1.80. The number of hydrogen-bond donors (Lipinski definition) is 0. The van der Waals surface area contributed by atoms with Crippen LogP contribution < -0.4 is 24.4 Å². The van der Waals surface area contributed by atoms with Crippen molar-refractivity contribution in [3.05, 3.63) is 101 Å². The molecule has 2 aromatic carbocycles. The minimum Gasteiger partial charge on any atom is -0.493 e. The molecule has 3 heterocycles. The number of hydrogen-bond acceptors (Lipinski definition) is 10. The van der Waals surface area contributed by atoms with Crippen molar-refractivity contribution in [3.63, 3.8) is 0 Å². The average molecular weight is 682 g/mol. The van der Waals surface area contributed by atoms with Gasteiger partial charge >= 0.3 is 11.9 Å². The Balaban J connectivity index is 1.67. The molecule has 10 nitrogen and oxygen atoms in total. The van der Waals surface area contributed by atoms with Crippen molar-refractivity contribution < 1.29 is 33.0 Å². The number of aromatic nitrogens is 1. The van der Waals surface area contributed by atoms with Crippen LogP contribution in [-0.2, 0) is 14.3 Å². The van der Waals surface area contributed by atoms with Crippen LogP contribution >= 0.6 is 27.3 Å². The number of carbonyl (C=O) groups excluding carboxylic acids is 2. The molecule has 12 heteroatoms. The van der Waals surface area contributed by atoms with Gasteiger partial charge < -0.3 is 23.4 Å². The molecule has 1 atom stereocenters. The number of fused-ring (bicyclic) bond motifs is 1. The van der Waals surface area contributed by atoms with Crippen LogP contribution in [0.15, 0.2) is 78.5 Å². The number of ether oxygens (including phenoxy) is 4. The van der Waals surface area contributed by atoms with Gasteiger partial charge in [-0.3, -0.25) is 9.36 Å². The first-order chi connectivity index (χ1) is 21.2. The Hall–Kier alpha value is -4.42. The Kier molecular flexibility index (Phi) is 9.21. The Morgan fingerprint density at radius 3 is 2.55 bits per heavy atom. The maximum atomic E-state index is 14.1. The van der Waals surface area contributed by atoms with E-state index < -0.39 is 18.0 Å². The van der Waals surface area contributed by atoms with Crippen LogP contribution in [0, 0.1) is 0 Å². The van der Waals surface area contributed by atoms with Crippen LogP contribution in [-0.4, -0.2) is 43.9 Å². The van der Waals surface area contributed by atoms with E-state index >= 15 is 0 Å². The second-order valence-corrected chi connectivity index (χ2v) is 11.4. The molecule has 0 radical (unpaired) electrons. The number of methoxy groups -OCH3 is 2. The van der Waals surface area contributed by atoms with E-state index in [1.165, 1.54) is 30.1 Å². The van der Waals surface area contributed by atoms with Gasteiger partial charge in [-0.2, -0.15) is 0 Å². The summed E-state index contributed by atoms with van der Waals surface area (Å²) in [6.45, 7) is 5.83. The molecule has 0 saturated carbocycles. The third-order valence-corrected chi connectivity index (χ3v) is 8.56. The number of esters is 2. The fraction of sp³-hybridized carbons (Fsp3) is 0.250. The third-order valence-electron chi connectivity index (χ3n) is 6.89. The number of rotatable bonds is 9. The van der Waals surface area contributed by atoms with Crippen LogP contribution in [0.5, 0.6) is 11.5 Å². The molecule has 4 aromatic rings. The van der Waals surface area contributed by atoms with Crippen molar-refractivity contribution in [2.24, 2.45) is 4.99 Å². The predicted octanol–water partition coefficient (Wildman–Crippen LogP) is 5.01. The second kappa shape index (κ2) is 13.1. The number of allylic oxidation sites excluding steroid dienone is 1. The lowest BCUT2D eigenvalue weighted by Gasteiger charge is -2.26. The second-order valence-electron chi connectivity index (χ2n) is 9.50. The minimum atomic E-state index is -0.869. The maximum absolute atomic E-state index is 14.1. The van der Waals surface area contributed by atoms with Crippen molar-refractivity contribution in [1.82, 2.24) is 4.57 Å². The molecule has 0 saturated heterocycles. The Bertz CT molecular complexity index is 1970. The van der Waals surface area contributed by atoms with E-state index in [4.69, 9.17) is 23.4 Å². The highest BCUT2D eigenvalue weighted by Crippen LogP contribution is 2.41. The number of benzene rings is 2. The third kappa shape index (κ3) is 5.74. The standard InChI is InChI=1S/C32H29BrN2O8S/c1-6-41-25-15-21(22(33)16-24(25)39-4)28-27(31(38)42-7-2)17(3)34-32-35(28)29(36)26(44-32)14-18-12-13-23(43-18)19-10-8-9-11-20(19)30(37)40-5/h8-16,28H,6-7H2,1-5H3/b26-14+/t28-/m0/s1. The zero-order valence-electron chi connectivity index (χ0n) is 24.6. The average Bonchev–Trinajstić information content (AvgIpc) is 3.60. The molecule has 0 aliphatic carbocycles. The monoisotopic (exact) mass is 680 g/mol. The Morgan fingerprint density at radius 1 is 1.07 bits per heavy atom. The molecule has 1 aliphatic rings. The van der Waals surface area contributed by atoms with Gasteiger partial charge in [-0.25, -0.2) is 14.6 Å². The van der Waals surface area contributed by atoms with Gasteiger partial charge in [-0.1, -0.05) is 45.5 Å². The van der Waals surface area contributed by atoms with Gasteiger partial charge in [0.1, 0.15) is 11.5 Å². The van der Waals surface area contributed by atoms with E-state index in [2.05, 4.69) is 20.9 Å². The van der Waals surface area contributed by atoms with Crippen LogP contribution in [0.25, 0.3) is 17.4 Å². The summed E-state index contributed by atoms with van der Waals surface area (Å²) in [6, 6.07) is 13.0. The quantitative estimate of drug-likeness (QED) is 0.226. The molecule has 44 heavy (non-hydrogen) atoms.